The average Bonchev–Trinajstić information content (AvgIpc) is 2.68. The molecule has 2 heterocycles. The standard InChI is InChI=1S/C12H22N4O/c1-10-8-15(5-4-13-10)12-14-11(2)9-16(12)6-7-17-3/h9-10,13H,4-8H2,1-3H3/t10-/m0/s1. The molecule has 1 N–H and O–H groups in total. The van der Waals surface area contributed by atoms with Crippen molar-refractivity contribution in [2.75, 3.05) is 38.3 Å². The van der Waals surface area contributed by atoms with Crippen LogP contribution in [-0.4, -0.2) is 48.9 Å². The molecule has 96 valence electrons. The van der Waals surface area contributed by atoms with Crippen LogP contribution in [-0.2, 0) is 11.3 Å². The Morgan fingerprint density at radius 3 is 3.12 bits per heavy atom. The number of aromatic nitrogens is 2. The molecular formula is C12H22N4O. The summed E-state index contributed by atoms with van der Waals surface area (Å²) in [5.74, 6) is 1.08. The van der Waals surface area contributed by atoms with Crippen LogP contribution in [0.3, 0.4) is 0 Å². The first-order valence-electron chi connectivity index (χ1n) is 6.21. The van der Waals surface area contributed by atoms with Crippen molar-refractivity contribution >= 4 is 5.95 Å². The molecule has 0 radical (unpaired) electrons. The largest absolute Gasteiger partial charge is 0.383 e. The third kappa shape index (κ3) is 2.98. The number of rotatable bonds is 4. The summed E-state index contributed by atoms with van der Waals surface area (Å²) in [6.45, 7) is 8.91. The number of ether oxygens (including phenoxy) is 1. The van der Waals surface area contributed by atoms with E-state index in [0.29, 0.717) is 6.04 Å². The van der Waals surface area contributed by atoms with Gasteiger partial charge in [0.15, 0.2) is 0 Å². The number of piperazine rings is 1. The predicted octanol–water partition coefficient (Wildman–Crippen LogP) is 0.636. The quantitative estimate of drug-likeness (QED) is 0.836. The van der Waals surface area contributed by atoms with E-state index in [0.717, 1.165) is 44.4 Å². The second-order valence-corrected chi connectivity index (χ2v) is 4.67. The van der Waals surface area contributed by atoms with Crippen molar-refractivity contribution in [1.29, 1.82) is 0 Å². The molecule has 5 heteroatoms. The average molecular weight is 238 g/mol. The lowest BCUT2D eigenvalue weighted by Crippen LogP contribution is -2.50. The first-order chi connectivity index (χ1) is 8.20. The van der Waals surface area contributed by atoms with Crippen molar-refractivity contribution in [2.45, 2.75) is 26.4 Å². The summed E-state index contributed by atoms with van der Waals surface area (Å²) >= 11 is 0. The van der Waals surface area contributed by atoms with Crippen LogP contribution in [0.2, 0.25) is 0 Å². The molecule has 5 nitrogen and oxygen atoms in total. The Hall–Kier alpha value is -1.07. The van der Waals surface area contributed by atoms with Gasteiger partial charge in [0.05, 0.1) is 12.3 Å². The van der Waals surface area contributed by atoms with Crippen LogP contribution in [0.15, 0.2) is 6.20 Å². The normalized spacial score (nSPS) is 20.9. The lowest BCUT2D eigenvalue weighted by molar-refractivity contribution is 0.187. The Bertz CT molecular complexity index is 363. The van der Waals surface area contributed by atoms with Crippen molar-refractivity contribution in [3.8, 4) is 0 Å². The lowest BCUT2D eigenvalue weighted by Gasteiger charge is -2.32. The fraction of sp³-hybridized carbons (Fsp3) is 0.750. The Balaban J connectivity index is 2.12. The zero-order valence-electron chi connectivity index (χ0n) is 10.9. The highest BCUT2D eigenvalue weighted by Crippen LogP contribution is 2.16. The molecule has 1 saturated heterocycles. The topological polar surface area (TPSA) is 42.3 Å². The number of hydrogen-bond acceptors (Lipinski definition) is 4. The molecule has 0 aliphatic carbocycles. The number of nitrogens with one attached hydrogen (secondary N) is 1. The second kappa shape index (κ2) is 5.51. The molecule has 1 aromatic heterocycles. The van der Waals surface area contributed by atoms with Crippen molar-refractivity contribution in [3.05, 3.63) is 11.9 Å². The number of nitrogens with zero attached hydrogens (tertiary/aromatic N) is 3. The van der Waals surface area contributed by atoms with E-state index in [1.807, 2.05) is 6.92 Å². The zero-order valence-corrected chi connectivity index (χ0v) is 10.9. The summed E-state index contributed by atoms with van der Waals surface area (Å²) in [4.78, 5) is 6.98. The summed E-state index contributed by atoms with van der Waals surface area (Å²) in [5, 5.41) is 3.45. The summed E-state index contributed by atoms with van der Waals surface area (Å²) in [5.41, 5.74) is 1.07. The maximum absolute atomic E-state index is 5.14. The van der Waals surface area contributed by atoms with Gasteiger partial charge >= 0.3 is 0 Å². The second-order valence-electron chi connectivity index (χ2n) is 4.67. The van der Waals surface area contributed by atoms with E-state index in [4.69, 9.17) is 4.74 Å². The summed E-state index contributed by atoms with van der Waals surface area (Å²) in [7, 11) is 1.73. The molecule has 0 spiro atoms. The van der Waals surface area contributed by atoms with Crippen LogP contribution < -0.4 is 10.2 Å². The fourth-order valence-electron chi connectivity index (χ4n) is 2.25. The van der Waals surface area contributed by atoms with Crippen LogP contribution in [0.1, 0.15) is 12.6 Å². The van der Waals surface area contributed by atoms with Gasteiger partial charge in [-0.1, -0.05) is 0 Å². The minimum Gasteiger partial charge on any atom is -0.383 e. The van der Waals surface area contributed by atoms with Crippen molar-refractivity contribution < 1.29 is 4.74 Å². The molecule has 1 fully saturated rings. The Kier molecular flexibility index (Phi) is 4.02. The third-order valence-corrected chi connectivity index (χ3v) is 3.06. The van der Waals surface area contributed by atoms with Gasteiger partial charge in [-0.3, -0.25) is 0 Å². The number of hydrogen-bond donors (Lipinski definition) is 1. The molecule has 0 unspecified atom stereocenters. The van der Waals surface area contributed by atoms with Crippen LogP contribution in [0.4, 0.5) is 5.95 Å². The summed E-state index contributed by atoms with van der Waals surface area (Å²) in [6.07, 6.45) is 2.10. The maximum atomic E-state index is 5.14. The third-order valence-electron chi connectivity index (χ3n) is 3.06. The molecule has 17 heavy (non-hydrogen) atoms. The van der Waals surface area contributed by atoms with Gasteiger partial charge in [0.2, 0.25) is 5.95 Å². The Morgan fingerprint density at radius 2 is 2.41 bits per heavy atom. The van der Waals surface area contributed by atoms with Crippen molar-refractivity contribution in [2.24, 2.45) is 0 Å². The van der Waals surface area contributed by atoms with Crippen LogP contribution in [0.5, 0.6) is 0 Å². The van der Waals surface area contributed by atoms with E-state index in [-0.39, 0.29) is 0 Å². The fourth-order valence-corrected chi connectivity index (χ4v) is 2.25. The number of aryl methyl sites for hydroxylation is 1. The van der Waals surface area contributed by atoms with Crippen molar-refractivity contribution in [1.82, 2.24) is 14.9 Å². The molecule has 1 aliphatic rings. The van der Waals surface area contributed by atoms with E-state index in [2.05, 4.69) is 32.9 Å². The van der Waals surface area contributed by atoms with E-state index >= 15 is 0 Å². The molecule has 2 rings (SSSR count). The SMILES string of the molecule is COCCn1cc(C)nc1N1CCN[C@@H](C)C1. The van der Waals surface area contributed by atoms with E-state index in [1.54, 1.807) is 7.11 Å². The molecule has 0 aromatic carbocycles. The first kappa shape index (κ1) is 12.4. The highest BCUT2D eigenvalue weighted by atomic mass is 16.5. The molecule has 0 saturated carbocycles. The van der Waals surface area contributed by atoms with Crippen LogP contribution in [0.25, 0.3) is 0 Å². The van der Waals surface area contributed by atoms with Gasteiger partial charge < -0.3 is 19.5 Å². The predicted molar refractivity (Wildman–Crippen MR) is 68.5 cm³/mol. The van der Waals surface area contributed by atoms with Crippen LogP contribution >= 0.6 is 0 Å². The number of methoxy groups -OCH3 is 1. The van der Waals surface area contributed by atoms with Crippen molar-refractivity contribution in [3.63, 3.8) is 0 Å². The minimum atomic E-state index is 0.525. The van der Waals surface area contributed by atoms with E-state index in [9.17, 15) is 0 Å². The highest BCUT2D eigenvalue weighted by molar-refractivity contribution is 5.34. The first-order valence-corrected chi connectivity index (χ1v) is 6.21. The van der Waals surface area contributed by atoms with Gasteiger partial charge in [-0.25, -0.2) is 4.98 Å². The molecule has 0 bridgehead atoms. The van der Waals surface area contributed by atoms with E-state index in [1.165, 1.54) is 0 Å². The van der Waals surface area contributed by atoms with Gasteiger partial charge in [-0.15, -0.1) is 0 Å². The molecule has 1 atom stereocenters. The summed E-state index contributed by atoms with van der Waals surface area (Å²) in [6, 6.07) is 0.525. The highest BCUT2D eigenvalue weighted by Gasteiger charge is 2.20. The molecule has 1 aromatic rings. The minimum absolute atomic E-state index is 0.525. The van der Waals surface area contributed by atoms with Gasteiger partial charge in [0.1, 0.15) is 0 Å². The summed E-state index contributed by atoms with van der Waals surface area (Å²) < 4.78 is 7.33. The van der Waals surface area contributed by atoms with Gasteiger partial charge in [-0.2, -0.15) is 0 Å². The Morgan fingerprint density at radius 1 is 1.59 bits per heavy atom. The molecular weight excluding hydrogens is 216 g/mol. The zero-order chi connectivity index (χ0) is 12.3. The lowest BCUT2D eigenvalue weighted by atomic mass is 10.2. The maximum Gasteiger partial charge on any atom is 0.205 e. The Labute approximate surface area is 103 Å². The monoisotopic (exact) mass is 238 g/mol. The van der Waals surface area contributed by atoms with Gasteiger partial charge in [0.25, 0.3) is 0 Å². The van der Waals surface area contributed by atoms with Gasteiger partial charge in [-0.05, 0) is 13.8 Å². The number of imidazole rings is 1. The van der Waals surface area contributed by atoms with Gasteiger partial charge in [0, 0.05) is 45.5 Å². The van der Waals surface area contributed by atoms with E-state index < -0.39 is 0 Å². The smallest absolute Gasteiger partial charge is 0.205 e. The number of anilines is 1. The molecule has 0 amide bonds. The molecule has 1 aliphatic heterocycles. The van der Waals surface area contributed by atoms with Crippen LogP contribution in [0, 0.1) is 6.92 Å².